The molecule has 0 aliphatic carbocycles. The molecule has 12 heteroatoms. The number of likely N-dealkylation sites (N-methyl/N-ethyl adjacent to an activating group) is 1. The molecular formula is C23H36N4O8. The fourth-order valence-corrected chi connectivity index (χ4v) is 4.47. The molecule has 2 aliphatic heterocycles. The molecule has 1 aromatic rings. The third-order valence-corrected chi connectivity index (χ3v) is 6.53. The topological polar surface area (TPSA) is 156 Å². The number of nitrogens with zero attached hydrogens (tertiary/aromatic N) is 3. The lowest BCUT2D eigenvalue weighted by Gasteiger charge is -2.46. The number of hydrogen-bond acceptors (Lipinski definition) is 10. The molecule has 12 nitrogen and oxygen atoms in total. The molecule has 9 atom stereocenters. The Balaban J connectivity index is 1.67. The van der Waals surface area contributed by atoms with Crippen molar-refractivity contribution in [2.75, 3.05) is 19.4 Å². The largest absolute Gasteiger partial charge is 0.390 e. The number of rotatable bonds is 6. The van der Waals surface area contributed by atoms with Crippen LogP contribution in [0, 0.1) is 0 Å². The summed E-state index contributed by atoms with van der Waals surface area (Å²) in [5.74, 6) is -0.256. The third-order valence-electron chi connectivity index (χ3n) is 6.53. The molecule has 4 N–H and O–H groups in total. The van der Waals surface area contributed by atoms with E-state index in [0.29, 0.717) is 5.57 Å². The molecular weight excluding hydrogens is 460 g/mol. The van der Waals surface area contributed by atoms with Gasteiger partial charge in [0.25, 0.3) is 5.91 Å². The van der Waals surface area contributed by atoms with E-state index in [4.69, 9.17) is 14.2 Å². The molecule has 35 heavy (non-hydrogen) atoms. The minimum atomic E-state index is -1.32. The number of aliphatic hydroxyl groups is 3. The Hall–Kier alpha value is -2.19. The number of ether oxygens (including phenoxy) is 3. The zero-order valence-electron chi connectivity index (χ0n) is 20.9. The molecule has 2 saturated heterocycles. The summed E-state index contributed by atoms with van der Waals surface area (Å²) < 4.78 is 18.8. The van der Waals surface area contributed by atoms with Gasteiger partial charge in [-0.25, -0.2) is 4.79 Å². The van der Waals surface area contributed by atoms with Crippen LogP contribution in [0.1, 0.15) is 40.3 Å². The lowest BCUT2D eigenvalue weighted by molar-refractivity contribution is -0.322. The van der Waals surface area contributed by atoms with Gasteiger partial charge >= 0.3 is 5.69 Å². The van der Waals surface area contributed by atoms with Crippen molar-refractivity contribution in [1.82, 2.24) is 14.5 Å². The maximum Gasteiger partial charge on any atom is 0.351 e. The van der Waals surface area contributed by atoms with Crippen molar-refractivity contribution in [1.29, 1.82) is 0 Å². The van der Waals surface area contributed by atoms with Crippen molar-refractivity contribution in [2.45, 2.75) is 89.3 Å². The summed E-state index contributed by atoms with van der Waals surface area (Å²) in [6.45, 7) is 6.82. The predicted octanol–water partition coefficient (Wildman–Crippen LogP) is -0.402. The van der Waals surface area contributed by atoms with Gasteiger partial charge in [-0.15, -0.1) is 0 Å². The van der Waals surface area contributed by atoms with E-state index in [2.05, 4.69) is 10.3 Å². The first kappa shape index (κ1) is 27.4. The molecule has 1 aromatic heterocycles. The highest BCUT2D eigenvalue weighted by atomic mass is 16.7. The highest BCUT2D eigenvalue weighted by Gasteiger charge is 2.47. The summed E-state index contributed by atoms with van der Waals surface area (Å²) in [5, 5.41) is 34.4. The average Bonchev–Trinajstić information content (AvgIpc) is 2.78. The SMILES string of the molecule is C/C=C(\C)C(=O)Nc1ccn([C@H]2C[C@@H](O)[C@H](O[C@H]3O[C@H](C)[C@@H](N(C)C)[C@H](O)[C@H]3O)[C@@H](C)O2)c(=O)n1. The van der Waals surface area contributed by atoms with Gasteiger partial charge in [-0.1, -0.05) is 6.08 Å². The number of carbonyl (C=O) groups excluding carboxylic acids is 1. The van der Waals surface area contributed by atoms with Crippen LogP contribution in [0.3, 0.4) is 0 Å². The molecule has 0 aromatic carbocycles. The molecule has 196 valence electrons. The summed E-state index contributed by atoms with van der Waals surface area (Å²) >= 11 is 0. The van der Waals surface area contributed by atoms with Crippen molar-refractivity contribution in [3.05, 3.63) is 34.4 Å². The van der Waals surface area contributed by atoms with E-state index < -0.39 is 60.9 Å². The fourth-order valence-electron chi connectivity index (χ4n) is 4.47. The molecule has 0 saturated carbocycles. The van der Waals surface area contributed by atoms with Crippen molar-refractivity contribution in [2.24, 2.45) is 0 Å². The van der Waals surface area contributed by atoms with Gasteiger partial charge in [0.2, 0.25) is 0 Å². The van der Waals surface area contributed by atoms with Crippen LogP contribution in [0.25, 0.3) is 0 Å². The minimum absolute atomic E-state index is 0.0151. The molecule has 0 bridgehead atoms. The molecule has 0 radical (unpaired) electrons. The Kier molecular flexibility index (Phi) is 8.81. The van der Waals surface area contributed by atoms with Crippen molar-refractivity contribution in [3.8, 4) is 0 Å². The van der Waals surface area contributed by atoms with Gasteiger partial charge in [0.05, 0.1) is 24.4 Å². The van der Waals surface area contributed by atoms with Crippen LogP contribution >= 0.6 is 0 Å². The number of aromatic nitrogens is 2. The van der Waals surface area contributed by atoms with Crippen LogP contribution in [-0.4, -0.2) is 98.7 Å². The van der Waals surface area contributed by atoms with Crippen molar-refractivity contribution in [3.63, 3.8) is 0 Å². The van der Waals surface area contributed by atoms with Gasteiger partial charge in [-0.3, -0.25) is 9.36 Å². The lowest BCUT2D eigenvalue weighted by atomic mass is 9.95. The molecule has 1 amide bonds. The van der Waals surface area contributed by atoms with Crippen LogP contribution in [0.5, 0.6) is 0 Å². The molecule has 2 fully saturated rings. The zero-order chi connectivity index (χ0) is 26.0. The average molecular weight is 497 g/mol. The second-order valence-electron chi connectivity index (χ2n) is 9.27. The summed E-state index contributed by atoms with van der Waals surface area (Å²) in [6.07, 6.45) is -4.34. The molecule has 0 spiro atoms. The van der Waals surface area contributed by atoms with Gasteiger partial charge in [0.1, 0.15) is 30.4 Å². The maximum atomic E-state index is 12.6. The first-order chi connectivity index (χ1) is 16.4. The predicted molar refractivity (Wildman–Crippen MR) is 125 cm³/mol. The number of allylic oxidation sites excluding steroid dienone is 1. The lowest BCUT2D eigenvalue weighted by Crippen LogP contribution is -2.63. The van der Waals surface area contributed by atoms with Crippen LogP contribution in [0.2, 0.25) is 0 Å². The molecule has 0 unspecified atom stereocenters. The highest BCUT2D eigenvalue weighted by molar-refractivity contribution is 6.02. The van der Waals surface area contributed by atoms with E-state index in [1.165, 1.54) is 16.8 Å². The minimum Gasteiger partial charge on any atom is -0.390 e. The van der Waals surface area contributed by atoms with Crippen LogP contribution in [0.4, 0.5) is 5.82 Å². The van der Waals surface area contributed by atoms with E-state index >= 15 is 0 Å². The van der Waals surface area contributed by atoms with Crippen molar-refractivity contribution >= 4 is 11.7 Å². The molecule has 3 heterocycles. The maximum absolute atomic E-state index is 12.6. The van der Waals surface area contributed by atoms with E-state index in [9.17, 15) is 24.9 Å². The number of carbonyl (C=O) groups is 1. The van der Waals surface area contributed by atoms with Crippen LogP contribution in [-0.2, 0) is 19.0 Å². The number of anilines is 1. The van der Waals surface area contributed by atoms with Crippen molar-refractivity contribution < 1.29 is 34.3 Å². The first-order valence-electron chi connectivity index (χ1n) is 11.6. The van der Waals surface area contributed by atoms with Gasteiger partial charge in [0.15, 0.2) is 6.29 Å². The number of nitrogens with one attached hydrogen (secondary N) is 1. The summed E-state index contributed by atoms with van der Waals surface area (Å²) in [7, 11) is 3.56. The molecule has 2 aliphatic rings. The van der Waals surface area contributed by atoms with Crippen LogP contribution in [0.15, 0.2) is 28.7 Å². The molecule has 3 rings (SSSR count). The second-order valence-corrected chi connectivity index (χ2v) is 9.27. The first-order valence-corrected chi connectivity index (χ1v) is 11.6. The van der Waals surface area contributed by atoms with Gasteiger partial charge in [-0.05, 0) is 47.9 Å². The summed E-state index contributed by atoms with van der Waals surface area (Å²) in [5.41, 5.74) is -0.164. The van der Waals surface area contributed by atoms with Crippen LogP contribution < -0.4 is 11.0 Å². The van der Waals surface area contributed by atoms with E-state index in [1.807, 2.05) is 0 Å². The Bertz CT molecular complexity index is 971. The van der Waals surface area contributed by atoms with Gasteiger partial charge in [-0.2, -0.15) is 4.98 Å². The second kappa shape index (κ2) is 11.2. The summed E-state index contributed by atoms with van der Waals surface area (Å²) in [4.78, 5) is 30.2. The monoisotopic (exact) mass is 496 g/mol. The number of aliphatic hydroxyl groups excluding tert-OH is 3. The van der Waals surface area contributed by atoms with Gasteiger partial charge < -0.3 is 39.7 Å². The van der Waals surface area contributed by atoms with E-state index in [0.717, 1.165) is 0 Å². The highest BCUT2D eigenvalue weighted by Crippen LogP contribution is 2.32. The fraction of sp³-hybridized carbons (Fsp3) is 0.696. The Morgan fingerprint density at radius 1 is 1.23 bits per heavy atom. The number of amides is 1. The van der Waals surface area contributed by atoms with E-state index in [-0.39, 0.29) is 18.1 Å². The normalized spacial score (nSPS) is 36.3. The standard InChI is InChI=1S/C23H36N4O8/c1-7-11(2)21(31)24-15-8-9-27(23(32)25-15)16-10-14(28)20(13(4)33-16)35-22-19(30)18(29)17(26(5)6)12(3)34-22/h7-9,12-14,16-20,22,28-30H,10H2,1-6H3,(H,24,25,31,32)/b11-7+/t12-,13-,14-,16-,17-,18+,19-,20-,22-/m1/s1. The Labute approximate surface area is 204 Å². The smallest absolute Gasteiger partial charge is 0.351 e. The Morgan fingerprint density at radius 3 is 2.49 bits per heavy atom. The zero-order valence-corrected chi connectivity index (χ0v) is 20.9. The number of hydrogen-bond donors (Lipinski definition) is 4. The van der Waals surface area contributed by atoms with Gasteiger partial charge in [0, 0.05) is 18.2 Å². The summed E-state index contributed by atoms with van der Waals surface area (Å²) in [6, 6.07) is 1.05. The third kappa shape index (κ3) is 5.97. The Morgan fingerprint density at radius 2 is 1.91 bits per heavy atom. The van der Waals surface area contributed by atoms with E-state index in [1.54, 1.807) is 52.8 Å². The quantitative estimate of drug-likeness (QED) is 0.382.